The highest BCUT2D eigenvalue weighted by molar-refractivity contribution is 9.10. The summed E-state index contributed by atoms with van der Waals surface area (Å²) in [5, 5.41) is 19.1. The van der Waals surface area contributed by atoms with Crippen molar-refractivity contribution in [3.05, 3.63) is 33.3 Å². The third-order valence-corrected chi connectivity index (χ3v) is 2.63. The van der Waals surface area contributed by atoms with Crippen LogP contribution in [0, 0.1) is 0 Å². The Morgan fingerprint density at radius 2 is 2.15 bits per heavy atom. The van der Waals surface area contributed by atoms with Gasteiger partial charge in [-0.25, -0.2) is 0 Å². The number of rotatable bonds is 2. The molecule has 0 aliphatic carbocycles. The Morgan fingerprint density at radius 1 is 1.54 bits per heavy atom. The van der Waals surface area contributed by atoms with Crippen LogP contribution in [0.1, 0.15) is 12.5 Å². The van der Waals surface area contributed by atoms with E-state index in [1.807, 2.05) is 0 Å². The Kier molecular flexibility index (Phi) is 3.35. The van der Waals surface area contributed by atoms with Crippen molar-refractivity contribution >= 4 is 27.5 Å². The van der Waals surface area contributed by atoms with Crippen molar-refractivity contribution in [2.75, 3.05) is 6.61 Å². The molecule has 0 saturated carbocycles. The lowest BCUT2D eigenvalue weighted by atomic mass is 9.97. The molecule has 1 aromatic carbocycles. The van der Waals surface area contributed by atoms with Crippen molar-refractivity contribution in [2.45, 2.75) is 12.5 Å². The number of benzene rings is 1. The Bertz CT molecular complexity index is 312. The predicted octanol–water partition coefficient (Wildman–Crippen LogP) is 2.30. The summed E-state index contributed by atoms with van der Waals surface area (Å²) >= 11 is 9.15. The number of hydrogen-bond donors (Lipinski definition) is 2. The highest BCUT2D eigenvalue weighted by Gasteiger charge is 2.24. The predicted molar refractivity (Wildman–Crippen MR) is 55.8 cm³/mol. The van der Waals surface area contributed by atoms with E-state index in [4.69, 9.17) is 16.7 Å². The van der Waals surface area contributed by atoms with E-state index in [2.05, 4.69) is 15.9 Å². The van der Waals surface area contributed by atoms with Crippen molar-refractivity contribution in [1.82, 2.24) is 0 Å². The lowest BCUT2D eigenvalue weighted by Gasteiger charge is -2.22. The van der Waals surface area contributed by atoms with Crippen LogP contribution in [-0.2, 0) is 5.60 Å². The highest BCUT2D eigenvalue weighted by Crippen LogP contribution is 2.29. The number of hydrogen-bond acceptors (Lipinski definition) is 2. The molecule has 1 atom stereocenters. The summed E-state index contributed by atoms with van der Waals surface area (Å²) in [6.07, 6.45) is 0. The maximum Gasteiger partial charge on any atom is 0.111 e. The van der Waals surface area contributed by atoms with Gasteiger partial charge in [0.25, 0.3) is 0 Å². The minimum absolute atomic E-state index is 0.353. The average Bonchev–Trinajstić information content (AvgIpc) is 2.03. The largest absolute Gasteiger partial charge is 0.393 e. The smallest absolute Gasteiger partial charge is 0.111 e. The van der Waals surface area contributed by atoms with E-state index in [9.17, 15) is 5.11 Å². The van der Waals surface area contributed by atoms with Crippen LogP contribution >= 0.6 is 27.5 Å². The number of halogens is 2. The molecule has 2 nitrogen and oxygen atoms in total. The van der Waals surface area contributed by atoms with Gasteiger partial charge in [0.05, 0.1) is 6.61 Å². The van der Waals surface area contributed by atoms with E-state index >= 15 is 0 Å². The van der Waals surface area contributed by atoms with Gasteiger partial charge in [-0.3, -0.25) is 0 Å². The van der Waals surface area contributed by atoms with Crippen LogP contribution in [0.5, 0.6) is 0 Å². The summed E-state index contributed by atoms with van der Waals surface area (Å²) in [4.78, 5) is 0. The first kappa shape index (κ1) is 11.0. The second kappa shape index (κ2) is 3.96. The molecule has 0 aliphatic heterocycles. The fourth-order valence-corrected chi connectivity index (χ4v) is 1.89. The first-order chi connectivity index (χ1) is 5.97. The van der Waals surface area contributed by atoms with E-state index in [1.165, 1.54) is 6.92 Å². The molecule has 0 aliphatic rings. The van der Waals surface area contributed by atoms with Gasteiger partial charge < -0.3 is 10.2 Å². The van der Waals surface area contributed by atoms with Crippen molar-refractivity contribution in [3.8, 4) is 0 Å². The molecule has 13 heavy (non-hydrogen) atoms. The van der Waals surface area contributed by atoms with Crippen LogP contribution in [0.3, 0.4) is 0 Å². The first-order valence-corrected chi connectivity index (χ1v) is 4.93. The Hall–Kier alpha value is -0.0900. The zero-order chi connectivity index (χ0) is 10.1. The van der Waals surface area contributed by atoms with Crippen molar-refractivity contribution in [1.29, 1.82) is 0 Å². The van der Waals surface area contributed by atoms with Gasteiger partial charge in [-0.1, -0.05) is 33.6 Å². The molecule has 0 bridgehead atoms. The third kappa shape index (κ3) is 2.44. The summed E-state index contributed by atoms with van der Waals surface area (Å²) < 4.78 is 0.843. The molecule has 72 valence electrons. The molecule has 0 fully saturated rings. The normalized spacial score (nSPS) is 15.5. The van der Waals surface area contributed by atoms with Crippen LogP contribution in [-0.4, -0.2) is 16.8 Å². The molecule has 0 aromatic heterocycles. The molecule has 0 radical (unpaired) electrons. The van der Waals surface area contributed by atoms with Gasteiger partial charge in [-0.05, 0) is 19.1 Å². The summed E-state index contributed by atoms with van der Waals surface area (Å²) in [5.41, 5.74) is -0.752. The molecular weight excluding hydrogens is 255 g/mol. The second-order valence-electron chi connectivity index (χ2n) is 3.06. The minimum atomic E-state index is -1.28. The molecule has 0 saturated heterocycles. The summed E-state index contributed by atoms with van der Waals surface area (Å²) in [5.74, 6) is 0. The molecular formula is C9H10BrClO2. The summed E-state index contributed by atoms with van der Waals surface area (Å²) in [7, 11) is 0. The van der Waals surface area contributed by atoms with E-state index in [1.54, 1.807) is 18.2 Å². The summed E-state index contributed by atoms with van der Waals surface area (Å²) in [6, 6.07) is 5.13. The summed E-state index contributed by atoms with van der Waals surface area (Å²) in [6.45, 7) is 1.16. The molecule has 0 amide bonds. The van der Waals surface area contributed by atoms with Gasteiger partial charge in [0.2, 0.25) is 0 Å². The van der Waals surface area contributed by atoms with E-state index in [0.29, 0.717) is 10.6 Å². The van der Waals surface area contributed by atoms with Gasteiger partial charge in [-0.15, -0.1) is 0 Å². The van der Waals surface area contributed by atoms with Gasteiger partial charge >= 0.3 is 0 Å². The molecule has 1 unspecified atom stereocenters. The van der Waals surface area contributed by atoms with Gasteiger partial charge in [-0.2, -0.15) is 0 Å². The standard InChI is InChI=1S/C9H10BrClO2/c1-9(13,5-12)7-3-2-6(10)4-8(7)11/h2-4,12-13H,5H2,1H3. The lowest BCUT2D eigenvalue weighted by molar-refractivity contribution is -0.00220. The van der Waals surface area contributed by atoms with Crippen LogP contribution in [0.15, 0.2) is 22.7 Å². The Balaban J connectivity index is 3.16. The maximum atomic E-state index is 9.72. The van der Waals surface area contributed by atoms with Gasteiger partial charge in [0.1, 0.15) is 5.60 Å². The highest BCUT2D eigenvalue weighted by atomic mass is 79.9. The van der Waals surface area contributed by atoms with Crippen molar-refractivity contribution < 1.29 is 10.2 Å². The van der Waals surface area contributed by atoms with Crippen molar-refractivity contribution in [3.63, 3.8) is 0 Å². The van der Waals surface area contributed by atoms with Crippen LogP contribution in [0.4, 0.5) is 0 Å². The lowest BCUT2D eigenvalue weighted by Crippen LogP contribution is -2.26. The number of aliphatic hydroxyl groups excluding tert-OH is 1. The van der Waals surface area contributed by atoms with Crippen LogP contribution in [0.25, 0.3) is 0 Å². The maximum absolute atomic E-state index is 9.72. The van der Waals surface area contributed by atoms with Crippen LogP contribution in [0.2, 0.25) is 5.02 Å². The molecule has 0 heterocycles. The van der Waals surface area contributed by atoms with Crippen LogP contribution < -0.4 is 0 Å². The van der Waals surface area contributed by atoms with Gasteiger partial charge in [0, 0.05) is 15.1 Å². The Morgan fingerprint density at radius 3 is 2.62 bits per heavy atom. The quantitative estimate of drug-likeness (QED) is 0.861. The molecule has 4 heteroatoms. The SMILES string of the molecule is CC(O)(CO)c1ccc(Br)cc1Cl. The molecule has 1 rings (SSSR count). The van der Waals surface area contributed by atoms with Gasteiger partial charge in [0.15, 0.2) is 0 Å². The zero-order valence-electron chi connectivity index (χ0n) is 7.09. The fraction of sp³-hybridized carbons (Fsp3) is 0.333. The monoisotopic (exact) mass is 264 g/mol. The minimum Gasteiger partial charge on any atom is -0.393 e. The average molecular weight is 266 g/mol. The fourth-order valence-electron chi connectivity index (χ4n) is 1.01. The third-order valence-electron chi connectivity index (χ3n) is 1.82. The molecule has 1 aromatic rings. The van der Waals surface area contributed by atoms with E-state index in [-0.39, 0.29) is 6.61 Å². The Labute approximate surface area is 90.3 Å². The topological polar surface area (TPSA) is 40.5 Å². The molecule has 0 spiro atoms. The molecule has 2 N–H and O–H groups in total. The van der Waals surface area contributed by atoms with Crippen molar-refractivity contribution in [2.24, 2.45) is 0 Å². The number of aliphatic hydroxyl groups is 2. The second-order valence-corrected chi connectivity index (χ2v) is 4.38. The van der Waals surface area contributed by atoms with E-state index in [0.717, 1.165) is 4.47 Å². The zero-order valence-corrected chi connectivity index (χ0v) is 9.43. The van der Waals surface area contributed by atoms with E-state index < -0.39 is 5.60 Å². The first-order valence-electron chi connectivity index (χ1n) is 3.76.